The van der Waals surface area contributed by atoms with Crippen molar-refractivity contribution in [3.63, 3.8) is 0 Å². The van der Waals surface area contributed by atoms with Crippen molar-refractivity contribution in [3.8, 4) is 0 Å². The predicted octanol–water partition coefficient (Wildman–Crippen LogP) is 1.04. The molecule has 0 aliphatic carbocycles. The smallest absolute Gasteiger partial charge is 0.0567 e. The van der Waals surface area contributed by atoms with Crippen LogP contribution in [0.3, 0.4) is 0 Å². The molecule has 1 aliphatic rings. The highest BCUT2D eigenvalue weighted by Gasteiger charge is 2.38. The van der Waals surface area contributed by atoms with Gasteiger partial charge in [0.2, 0.25) is 0 Å². The lowest BCUT2D eigenvalue weighted by molar-refractivity contribution is -0.145. The molecule has 0 aromatic rings. The van der Waals surface area contributed by atoms with Crippen LogP contribution in [0.2, 0.25) is 0 Å². The van der Waals surface area contributed by atoms with E-state index in [1.165, 1.54) is 0 Å². The van der Waals surface area contributed by atoms with E-state index in [9.17, 15) is 0 Å². The van der Waals surface area contributed by atoms with Gasteiger partial charge < -0.3 is 9.84 Å². The maximum absolute atomic E-state index is 9.01. The summed E-state index contributed by atoms with van der Waals surface area (Å²) in [6.07, 6.45) is 1.09. The minimum absolute atomic E-state index is 0.119. The third kappa shape index (κ3) is 1.50. The Labute approximate surface area is 62.2 Å². The van der Waals surface area contributed by atoms with Crippen LogP contribution in [0.15, 0.2) is 0 Å². The molecule has 0 spiro atoms. The van der Waals surface area contributed by atoms with Crippen LogP contribution >= 0.6 is 0 Å². The molecule has 0 aromatic heterocycles. The van der Waals surface area contributed by atoms with E-state index in [4.69, 9.17) is 9.84 Å². The lowest BCUT2D eigenvalue weighted by atomic mass is 9.79. The fourth-order valence-electron chi connectivity index (χ4n) is 1.53. The van der Waals surface area contributed by atoms with Gasteiger partial charge in [-0.3, -0.25) is 0 Å². The normalized spacial score (nSPS) is 22.8. The third-order valence-corrected chi connectivity index (χ3v) is 1.99. The third-order valence-electron chi connectivity index (χ3n) is 1.99. The fourth-order valence-corrected chi connectivity index (χ4v) is 1.53. The quantitative estimate of drug-likeness (QED) is 0.641. The van der Waals surface area contributed by atoms with Gasteiger partial charge in [0.05, 0.1) is 19.8 Å². The van der Waals surface area contributed by atoms with Crippen LogP contribution in [-0.4, -0.2) is 24.9 Å². The van der Waals surface area contributed by atoms with Gasteiger partial charge in [0.1, 0.15) is 0 Å². The van der Waals surface area contributed by atoms with E-state index >= 15 is 0 Å². The van der Waals surface area contributed by atoms with Gasteiger partial charge in [-0.25, -0.2) is 0 Å². The monoisotopic (exact) mass is 144 g/mol. The van der Waals surface area contributed by atoms with Gasteiger partial charge in [0.15, 0.2) is 0 Å². The molecule has 2 nitrogen and oxygen atoms in total. The van der Waals surface area contributed by atoms with E-state index in [2.05, 4.69) is 13.8 Å². The maximum atomic E-state index is 9.01. The highest BCUT2D eigenvalue weighted by Crippen LogP contribution is 2.33. The van der Waals surface area contributed by atoms with E-state index in [1.807, 2.05) is 0 Å². The molecule has 60 valence electrons. The zero-order valence-electron chi connectivity index (χ0n) is 6.76. The second-order valence-corrected chi connectivity index (χ2v) is 3.75. The standard InChI is InChI=1S/C8H16O2/c1-7(2)3-8(4-9)5-10-6-8/h7,9H,3-6H2,1-2H3. The van der Waals surface area contributed by atoms with E-state index in [1.54, 1.807) is 0 Å². The number of aliphatic hydroxyl groups excluding tert-OH is 1. The van der Waals surface area contributed by atoms with Gasteiger partial charge in [0, 0.05) is 5.41 Å². The second kappa shape index (κ2) is 2.89. The van der Waals surface area contributed by atoms with Crippen molar-refractivity contribution in [1.82, 2.24) is 0 Å². The van der Waals surface area contributed by atoms with Gasteiger partial charge in [-0.05, 0) is 12.3 Å². The highest BCUT2D eigenvalue weighted by molar-refractivity contribution is 4.85. The number of hydrogen-bond donors (Lipinski definition) is 1. The summed E-state index contributed by atoms with van der Waals surface area (Å²) in [5.74, 6) is 0.663. The Bertz CT molecular complexity index is 100. The van der Waals surface area contributed by atoms with Crippen molar-refractivity contribution in [1.29, 1.82) is 0 Å². The molecule has 0 radical (unpaired) electrons. The molecule has 0 bridgehead atoms. The summed E-state index contributed by atoms with van der Waals surface area (Å²) in [7, 11) is 0. The number of rotatable bonds is 3. The molecule has 10 heavy (non-hydrogen) atoms. The zero-order valence-corrected chi connectivity index (χ0v) is 6.76. The van der Waals surface area contributed by atoms with Crippen LogP contribution in [0, 0.1) is 11.3 Å². The number of ether oxygens (including phenoxy) is 1. The molecule has 2 heteroatoms. The van der Waals surface area contributed by atoms with E-state index in [-0.39, 0.29) is 12.0 Å². The summed E-state index contributed by atoms with van der Waals surface area (Å²) in [5, 5.41) is 9.01. The number of hydrogen-bond acceptors (Lipinski definition) is 2. The lowest BCUT2D eigenvalue weighted by Gasteiger charge is -2.41. The van der Waals surface area contributed by atoms with Gasteiger partial charge in [-0.2, -0.15) is 0 Å². The van der Waals surface area contributed by atoms with Crippen LogP contribution in [0.5, 0.6) is 0 Å². The van der Waals surface area contributed by atoms with E-state index < -0.39 is 0 Å². The largest absolute Gasteiger partial charge is 0.396 e. The molecule has 1 rings (SSSR count). The minimum Gasteiger partial charge on any atom is -0.396 e. The van der Waals surface area contributed by atoms with Crippen LogP contribution in [-0.2, 0) is 4.74 Å². The Balaban J connectivity index is 2.33. The average Bonchev–Trinajstić information content (AvgIpc) is 1.78. The van der Waals surface area contributed by atoms with Crippen LogP contribution < -0.4 is 0 Å². The first-order chi connectivity index (χ1) is 4.68. The minimum atomic E-state index is 0.119. The van der Waals surface area contributed by atoms with Gasteiger partial charge >= 0.3 is 0 Å². The molecular weight excluding hydrogens is 128 g/mol. The van der Waals surface area contributed by atoms with Crippen LogP contribution in [0.1, 0.15) is 20.3 Å². The molecule has 0 aromatic carbocycles. The average molecular weight is 144 g/mol. The topological polar surface area (TPSA) is 29.5 Å². The lowest BCUT2D eigenvalue weighted by Crippen LogP contribution is -2.46. The molecule has 0 saturated carbocycles. The molecular formula is C8H16O2. The summed E-state index contributed by atoms with van der Waals surface area (Å²) >= 11 is 0. The molecule has 1 fully saturated rings. The van der Waals surface area contributed by atoms with E-state index in [0.29, 0.717) is 5.92 Å². The number of aliphatic hydroxyl groups is 1. The first-order valence-corrected chi connectivity index (χ1v) is 3.87. The Kier molecular flexibility index (Phi) is 2.32. The molecule has 0 amide bonds. The Morgan fingerprint density at radius 2 is 2.10 bits per heavy atom. The predicted molar refractivity (Wildman–Crippen MR) is 39.8 cm³/mol. The Morgan fingerprint density at radius 3 is 2.20 bits per heavy atom. The molecule has 0 atom stereocenters. The first-order valence-electron chi connectivity index (χ1n) is 3.87. The van der Waals surface area contributed by atoms with Crippen molar-refractivity contribution in [2.75, 3.05) is 19.8 Å². The van der Waals surface area contributed by atoms with E-state index in [0.717, 1.165) is 19.6 Å². The summed E-state index contributed by atoms with van der Waals surface area (Å²) in [6.45, 7) is 6.14. The fraction of sp³-hybridized carbons (Fsp3) is 1.00. The summed E-state index contributed by atoms with van der Waals surface area (Å²) in [4.78, 5) is 0. The second-order valence-electron chi connectivity index (χ2n) is 3.75. The highest BCUT2D eigenvalue weighted by atomic mass is 16.5. The molecule has 1 saturated heterocycles. The Morgan fingerprint density at radius 1 is 1.50 bits per heavy atom. The van der Waals surface area contributed by atoms with Crippen LogP contribution in [0.4, 0.5) is 0 Å². The summed E-state index contributed by atoms with van der Waals surface area (Å²) in [6, 6.07) is 0. The van der Waals surface area contributed by atoms with Crippen molar-refractivity contribution < 1.29 is 9.84 Å². The zero-order chi connectivity index (χ0) is 7.61. The Hall–Kier alpha value is -0.0800. The SMILES string of the molecule is CC(C)CC1(CO)COC1. The van der Waals surface area contributed by atoms with Crippen molar-refractivity contribution in [3.05, 3.63) is 0 Å². The first kappa shape index (κ1) is 8.02. The van der Waals surface area contributed by atoms with Crippen molar-refractivity contribution >= 4 is 0 Å². The maximum Gasteiger partial charge on any atom is 0.0567 e. The molecule has 1 aliphatic heterocycles. The van der Waals surface area contributed by atoms with Crippen molar-refractivity contribution in [2.24, 2.45) is 11.3 Å². The van der Waals surface area contributed by atoms with Crippen LogP contribution in [0.25, 0.3) is 0 Å². The molecule has 1 heterocycles. The van der Waals surface area contributed by atoms with Crippen molar-refractivity contribution in [2.45, 2.75) is 20.3 Å². The van der Waals surface area contributed by atoms with Gasteiger partial charge in [0.25, 0.3) is 0 Å². The molecule has 0 unspecified atom stereocenters. The molecule has 1 N–H and O–H groups in total. The van der Waals surface area contributed by atoms with Gasteiger partial charge in [-0.1, -0.05) is 13.8 Å². The summed E-state index contributed by atoms with van der Waals surface area (Å²) < 4.78 is 5.07. The summed E-state index contributed by atoms with van der Waals surface area (Å²) in [5.41, 5.74) is 0.119. The van der Waals surface area contributed by atoms with Gasteiger partial charge in [-0.15, -0.1) is 0 Å².